The number of likely N-dealkylation sites (tertiary alicyclic amines) is 1. The van der Waals surface area contributed by atoms with Gasteiger partial charge in [0.2, 0.25) is 0 Å². The van der Waals surface area contributed by atoms with E-state index in [1.807, 2.05) is 27.7 Å². The number of carbonyl (C=O) groups is 2. The summed E-state index contributed by atoms with van der Waals surface area (Å²) >= 11 is 0. The molecule has 1 atom stereocenters. The van der Waals surface area contributed by atoms with Crippen LogP contribution in [0.4, 0.5) is 4.79 Å². The van der Waals surface area contributed by atoms with Gasteiger partial charge in [-0.25, -0.2) is 9.59 Å². The lowest BCUT2D eigenvalue weighted by atomic mass is 10.1. The Morgan fingerprint density at radius 1 is 1.30 bits per heavy atom. The molecule has 1 aliphatic heterocycles. The third-order valence-corrected chi connectivity index (χ3v) is 2.93. The summed E-state index contributed by atoms with van der Waals surface area (Å²) in [7, 11) is 0. The summed E-state index contributed by atoms with van der Waals surface area (Å²) in [5, 5.41) is 0. The van der Waals surface area contributed by atoms with Gasteiger partial charge < -0.3 is 19.1 Å². The molecule has 0 aromatic heterocycles. The average Bonchev–Trinajstić information content (AvgIpc) is 2.69. The molecule has 1 rings (SSSR count). The summed E-state index contributed by atoms with van der Waals surface area (Å²) in [6.45, 7) is 10.4. The Bertz CT molecular complexity index is 363. The first-order valence-electron chi connectivity index (χ1n) is 6.93. The molecule has 1 saturated heterocycles. The van der Waals surface area contributed by atoms with Crippen molar-refractivity contribution in [3.8, 4) is 0 Å². The molecule has 0 aromatic carbocycles. The molecule has 116 valence electrons. The Labute approximate surface area is 120 Å². The lowest BCUT2D eigenvalue weighted by molar-refractivity contribution is -0.154. The lowest BCUT2D eigenvalue weighted by Gasteiger charge is -2.27. The first-order valence-corrected chi connectivity index (χ1v) is 6.93. The minimum atomic E-state index is -0.524. The quantitative estimate of drug-likeness (QED) is 0.740. The number of esters is 1. The molecule has 1 unspecified atom stereocenters. The summed E-state index contributed by atoms with van der Waals surface area (Å²) < 4.78 is 15.7. The van der Waals surface area contributed by atoms with Crippen LogP contribution in [0.5, 0.6) is 0 Å². The number of ether oxygens (including phenoxy) is 3. The van der Waals surface area contributed by atoms with Crippen LogP contribution in [0, 0.1) is 0 Å². The second kappa shape index (κ2) is 6.43. The van der Waals surface area contributed by atoms with Crippen LogP contribution in [0.1, 0.15) is 41.0 Å². The smallest absolute Gasteiger partial charge is 0.410 e. The fourth-order valence-corrected chi connectivity index (χ4v) is 1.97. The Balaban J connectivity index is 2.45. The Morgan fingerprint density at radius 3 is 2.50 bits per heavy atom. The number of carbonyl (C=O) groups excluding carboxylic acids is 2. The molecule has 0 saturated carbocycles. The molecule has 0 aromatic rings. The van der Waals surface area contributed by atoms with E-state index in [2.05, 4.69) is 0 Å². The Hall–Kier alpha value is -1.30. The molecule has 20 heavy (non-hydrogen) atoms. The van der Waals surface area contributed by atoms with Crippen molar-refractivity contribution in [2.24, 2.45) is 0 Å². The maximum absolute atomic E-state index is 11.9. The van der Waals surface area contributed by atoms with E-state index in [1.54, 1.807) is 11.8 Å². The molecule has 0 aliphatic carbocycles. The van der Waals surface area contributed by atoms with Crippen LogP contribution in [0.2, 0.25) is 0 Å². The van der Waals surface area contributed by atoms with Gasteiger partial charge in [0.1, 0.15) is 12.2 Å². The third kappa shape index (κ3) is 5.36. The van der Waals surface area contributed by atoms with E-state index in [9.17, 15) is 9.59 Å². The zero-order valence-corrected chi connectivity index (χ0v) is 13.0. The van der Waals surface area contributed by atoms with Crippen LogP contribution in [0.3, 0.4) is 0 Å². The summed E-state index contributed by atoms with van der Waals surface area (Å²) in [6, 6.07) is 0. The van der Waals surface area contributed by atoms with Gasteiger partial charge in [-0.2, -0.15) is 0 Å². The molecule has 0 spiro atoms. The molecule has 1 heterocycles. The first-order chi connectivity index (χ1) is 9.15. The number of amides is 1. The molecular formula is C14H25NO5. The SMILES string of the molecule is CCOC(=O)COC1(C)CCN(C(=O)OC(C)(C)C)C1. The van der Waals surface area contributed by atoms with Crippen LogP contribution in [0.15, 0.2) is 0 Å². The molecule has 0 N–H and O–H groups in total. The van der Waals surface area contributed by atoms with Gasteiger partial charge in [0.15, 0.2) is 0 Å². The second-order valence-corrected chi connectivity index (χ2v) is 6.20. The topological polar surface area (TPSA) is 65.1 Å². The van der Waals surface area contributed by atoms with Crippen LogP contribution >= 0.6 is 0 Å². The van der Waals surface area contributed by atoms with Gasteiger partial charge in [0.25, 0.3) is 0 Å². The summed E-state index contributed by atoms with van der Waals surface area (Å²) in [4.78, 5) is 24.8. The van der Waals surface area contributed by atoms with Gasteiger partial charge in [-0.15, -0.1) is 0 Å². The highest BCUT2D eigenvalue weighted by Crippen LogP contribution is 2.26. The number of nitrogens with zero attached hydrogens (tertiary/aromatic N) is 1. The largest absolute Gasteiger partial charge is 0.464 e. The van der Waals surface area contributed by atoms with Gasteiger partial charge in [-0.1, -0.05) is 0 Å². The van der Waals surface area contributed by atoms with Crippen molar-refractivity contribution < 1.29 is 23.8 Å². The van der Waals surface area contributed by atoms with E-state index in [0.717, 1.165) is 0 Å². The number of rotatable bonds is 4. The Kier molecular flexibility index (Phi) is 5.39. The van der Waals surface area contributed by atoms with E-state index in [0.29, 0.717) is 26.1 Å². The molecule has 1 aliphatic rings. The van der Waals surface area contributed by atoms with Crippen molar-refractivity contribution in [3.63, 3.8) is 0 Å². The normalized spacial score (nSPS) is 22.8. The monoisotopic (exact) mass is 287 g/mol. The second-order valence-electron chi connectivity index (χ2n) is 6.20. The van der Waals surface area contributed by atoms with Crippen molar-refractivity contribution in [1.82, 2.24) is 4.90 Å². The molecule has 1 amide bonds. The highest BCUT2D eigenvalue weighted by Gasteiger charge is 2.39. The average molecular weight is 287 g/mol. The van der Waals surface area contributed by atoms with Crippen molar-refractivity contribution in [3.05, 3.63) is 0 Å². The number of hydrogen-bond acceptors (Lipinski definition) is 5. The highest BCUT2D eigenvalue weighted by molar-refractivity contribution is 5.71. The zero-order chi connectivity index (χ0) is 15.4. The van der Waals surface area contributed by atoms with E-state index < -0.39 is 11.2 Å². The van der Waals surface area contributed by atoms with Gasteiger partial charge in [0.05, 0.1) is 18.8 Å². The summed E-state index contributed by atoms with van der Waals surface area (Å²) in [5.41, 5.74) is -1.04. The summed E-state index contributed by atoms with van der Waals surface area (Å²) in [6.07, 6.45) is 0.326. The van der Waals surface area contributed by atoms with E-state index in [1.165, 1.54) is 0 Å². The minimum Gasteiger partial charge on any atom is -0.464 e. The lowest BCUT2D eigenvalue weighted by Crippen LogP contribution is -2.39. The predicted octanol–water partition coefficient (Wildman–Crippen LogP) is 1.97. The predicted molar refractivity (Wildman–Crippen MR) is 73.4 cm³/mol. The number of hydrogen-bond donors (Lipinski definition) is 0. The van der Waals surface area contributed by atoms with Crippen LogP contribution in [-0.4, -0.2) is 54.5 Å². The van der Waals surface area contributed by atoms with Crippen LogP contribution < -0.4 is 0 Å². The maximum atomic E-state index is 11.9. The highest BCUT2D eigenvalue weighted by atomic mass is 16.6. The van der Waals surface area contributed by atoms with Crippen molar-refractivity contribution in [2.75, 3.05) is 26.3 Å². The third-order valence-electron chi connectivity index (χ3n) is 2.93. The van der Waals surface area contributed by atoms with Crippen LogP contribution in [-0.2, 0) is 19.0 Å². The Morgan fingerprint density at radius 2 is 1.95 bits per heavy atom. The van der Waals surface area contributed by atoms with Crippen molar-refractivity contribution in [2.45, 2.75) is 52.2 Å². The van der Waals surface area contributed by atoms with E-state index in [4.69, 9.17) is 14.2 Å². The van der Waals surface area contributed by atoms with Crippen LogP contribution in [0.25, 0.3) is 0 Å². The van der Waals surface area contributed by atoms with Gasteiger partial charge in [-0.3, -0.25) is 0 Å². The fraction of sp³-hybridized carbons (Fsp3) is 0.857. The zero-order valence-electron chi connectivity index (χ0n) is 13.0. The minimum absolute atomic E-state index is 0.0908. The van der Waals surface area contributed by atoms with Gasteiger partial charge in [-0.05, 0) is 41.0 Å². The maximum Gasteiger partial charge on any atom is 0.410 e. The standard InChI is InChI=1S/C14H25NO5/c1-6-18-11(16)9-19-14(5)7-8-15(10-14)12(17)20-13(2,3)4/h6-10H2,1-5H3. The van der Waals surface area contributed by atoms with E-state index >= 15 is 0 Å². The first kappa shape index (κ1) is 16.8. The van der Waals surface area contributed by atoms with Gasteiger partial charge in [0, 0.05) is 6.54 Å². The molecular weight excluding hydrogens is 262 g/mol. The molecule has 1 fully saturated rings. The fourth-order valence-electron chi connectivity index (χ4n) is 1.97. The molecule has 0 radical (unpaired) electrons. The van der Waals surface area contributed by atoms with Gasteiger partial charge >= 0.3 is 12.1 Å². The van der Waals surface area contributed by atoms with Crippen molar-refractivity contribution >= 4 is 12.1 Å². The molecule has 6 nitrogen and oxygen atoms in total. The summed E-state index contributed by atoms with van der Waals surface area (Å²) in [5.74, 6) is -0.385. The van der Waals surface area contributed by atoms with Crippen molar-refractivity contribution in [1.29, 1.82) is 0 Å². The molecule has 0 bridgehead atoms. The molecule has 6 heteroatoms. The van der Waals surface area contributed by atoms with E-state index in [-0.39, 0.29) is 18.7 Å².